The highest BCUT2D eigenvalue weighted by Gasteiger charge is 2.27. The van der Waals surface area contributed by atoms with Crippen molar-refractivity contribution in [2.24, 2.45) is 4.99 Å². The summed E-state index contributed by atoms with van der Waals surface area (Å²) in [5.74, 6) is 1.86. The Bertz CT molecular complexity index is 702. The highest BCUT2D eigenvalue weighted by atomic mass is 32.2. The summed E-state index contributed by atoms with van der Waals surface area (Å²) in [5, 5.41) is 10.7. The Morgan fingerprint density at radius 1 is 1.30 bits per heavy atom. The number of piperidine rings is 1. The Labute approximate surface area is 162 Å². The smallest absolute Gasteiger partial charge is 0.214 e. The molecule has 1 aromatic rings. The molecule has 0 atom stereocenters. The Morgan fingerprint density at radius 3 is 2.56 bits per heavy atom. The van der Waals surface area contributed by atoms with Crippen LogP contribution in [-0.2, 0) is 16.4 Å². The summed E-state index contributed by atoms with van der Waals surface area (Å²) in [4.78, 5) is 4.66. The number of nitrogens with one attached hydrogen (secondary N) is 2. The third kappa shape index (κ3) is 6.21. The lowest BCUT2D eigenvalue weighted by atomic mass is 10.1. The zero-order chi connectivity index (χ0) is 19.9. The first kappa shape index (κ1) is 21.7. The van der Waals surface area contributed by atoms with Crippen molar-refractivity contribution >= 4 is 16.0 Å². The van der Waals surface area contributed by atoms with E-state index in [-0.39, 0.29) is 11.8 Å². The molecule has 0 amide bonds. The number of aliphatic imine (C=N–C) groups is 1. The Kier molecular flexibility index (Phi) is 8.09. The van der Waals surface area contributed by atoms with Crippen molar-refractivity contribution < 1.29 is 12.9 Å². The lowest BCUT2D eigenvalue weighted by molar-refractivity contribution is 0.306. The zero-order valence-corrected chi connectivity index (χ0v) is 17.7. The minimum atomic E-state index is -3.10. The van der Waals surface area contributed by atoms with E-state index in [1.165, 1.54) is 0 Å². The van der Waals surface area contributed by atoms with Crippen LogP contribution in [0.4, 0.5) is 0 Å². The summed E-state index contributed by atoms with van der Waals surface area (Å²) in [5.41, 5.74) is 2.03. The first-order valence-corrected chi connectivity index (χ1v) is 11.4. The van der Waals surface area contributed by atoms with Crippen LogP contribution >= 0.6 is 0 Å². The van der Waals surface area contributed by atoms with Gasteiger partial charge in [0, 0.05) is 37.8 Å². The maximum Gasteiger partial charge on any atom is 0.214 e. The van der Waals surface area contributed by atoms with Crippen molar-refractivity contribution in [1.82, 2.24) is 20.1 Å². The average Bonchev–Trinajstić information content (AvgIpc) is 2.94. The van der Waals surface area contributed by atoms with E-state index in [0.717, 1.165) is 48.8 Å². The number of nitrogens with zero attached hydrogens (tertiary/aromatic N) is 3. The molecular formula is C18H33N5O3S. The number of hydrogen-bond donors (Lipinski definition) is 2. The molecular weight excluding hydrogens is 366 g/mol. The molecule has 2 N–H and O–H groups in total. The van der Waals surface area contributed by atoms with Crippen LogP contribution in [-0.4, -0.2) is 61.8 Å². The first-order chi connectivity index (χ1) is 12.9. The van der Waals surface area contributed by atoms with Crippen molar-refractivity contribution in [2.75, 3.05) is 31.9 Å². The Balaban J connectivity index is 1.87. The van der Waals surface area contributed by atoms with Gasteiger partial charge in [-0.3, -0.25) is 4.99 Å². The lowest BCUT2D eigenvalue weighted by Crippen LogP contribution is -2.50. The van der Waals surface area contributed by atoms with E-state index >= 15 is 0 Å². The van der Waals surface area contributed by atoms with Crippen LogP contribution in [0.5, 0.6) is 0 Å². The lowest BCUT2D eigenvalue weighted by Gasteiger charge is -2.32. The molecule has 1 saturated heterocycles. The van der Waals surface area contributed by atoms with Crippen LogP contribution in [0.2, 0.25) is 0 Å². The fraction of sp³-hybridized carbons (Fsp3) is 0.778. The number of rotatable bonds is 8. The number of aromatic nitrogens is 1. The van der Waals surface area contributed by atoms with Crippen LogP contribution in [0.15, 0.2) is 9.52 Å². The molecule has 154 valence electrons. The highest BCUT2D eigenvalue weighted by Crippen LogP contribution is 2.15. The van der Waals surface area contributed by atoms with E-state index in [1.807, 2.05) is 27.7 Å². The molecule has 0 aliphatic carbocycles. The van der Waals surface area contributed by atoms with Gasteiger partial charge in [0.1, 0.15) is 5.76 Å². The summed E-state index contributed by atoms with van der Waals surface area (Å²) in [6, 6.07) is 0.231. The van der Waals surface area contributed by atoms with E-state index in [1.54, 1.807) is 4.31 Å². The quantitative estimate of drug-likeness (QED) is 0.509. The second-order valence-corrected chi connectivity index (χ2v) is 9.04. The fourth-order valence-corrected chi connectivity index (χ4v) is 4.86. The van der Waals surface area contributed by atoms with Gasteiger partial charge >= 0.3 is 0 Å². The van der Waals surface area contributed by atoms with Gasteiger partial charge in [0.2, 0.25) is 10.0 Å². The SMILES string of the molecule is CCCS(=O)(=O)N1CCC(NC(=NCCc2c(C)noc2C)NCC)CC1. The predicted molar refractivity (Wildman–Crippen MR) is 107 cm³/mol. The van der Waals surface area contributed by atoms with Crippen LogP contribution in [0, 0.1) is 13.8 Å². The van der Waals surface area contributed by atoms with Gasteiger partial charge in [0.05, 0.1) is 11.4 Å². The third-order valence-corrected chi connectivity index (χ3v) is 6.88. The largest absolute Gasteiger partial charge is 0.361 e. The maximum absolute atomic E-state index is 12.2. The molecule has 0 aromatic carbocycles. The molecule has 1 aliphatic rings. The second-order valence-electron chi connectivity index (χ2n) is 6.95. The van der Waals surface area contributed by atoms with Gasteiger partial charge in [-0.15, -0.1) is 0 Å². The number of guanidine groups is 1. The second kappa shape index (κ2) is 10.1. The van der Waals surface area contributed by atoms with Crippen molar-refractivity contribution in [3.8, 4) is 0 Å². The normalized spacial score (nSPS) is 17.3. The number of aryl methyl sites for hydroxylation is 2. The molecule has 0 radical (unpaired) electrons. The van der Waals surface area contributed by atoms with Crippen molar-refractivity contribution in [1.29, 1.82) is 0 Å². The topological polar surface area (TPSA) is 99.8 Å². The van der Waals surface area contributed by atoms with Gasteiger partial charge < -0.3 is 15.2 Å². The summed E-state index contributed by atoms with van der Waals surface area (Å²) >= 11 is 0. The minimum absolute atomic E-state index is 0.231. The maximum atomic E-state index is 12.2. The molecule has 0 saturated carbocycles. The summed E-state index contributed by atoms with van der Waals surface area (Å²) in [6.45, 7) is 10.3. The molecule has 8 nitrogen and oxygen atoms in total. The fourth-order valence-electron chi connectivity index (χ4n) is 3.32. The predicted octanol–water partition coefficient (Wildman–Crippen LogP) is 1.59. The summed E-state index contributed by atoms with van der Waals surface area (Å²) in [6.07, 6.45) is 3.02. The van der Waals surface area contributed by atoms with Gasteiger partial charge in [0.25, 0.3) is 0 Å². The standard InChI is InChI=1S/C18H33N5O3S/c1-5-13-27(24,25)23-11-8-16(9-12-23)21-18(19-6-2)20-10-7-17-14(3)22-26-15(17)4/h16H,5-13H2,1-4H3,(H2,19,20,21). The van der Waals surface area contributed by atoms with E-state index in [2.05, 4.69) is 20.8 Å². The minimum Gasteiger partial charge on any atom is -0.361 e. The van der Waals surface area contributed by atoms with Gasteiger partial charge in [-0.2, -0.15) is 0 Å². The molecule has 1 aromatic heterocycles. The molecule has 0 spiro atoms. The monoisotopic (exact) mass is 399 g/mol. The Hall–Kier alpha value is -1.61. The van der Waals surface area contributed by atoms with Crippen LogP contribution in [0.3, 0.4) is 0 Å². The van der Waals surface area contributed by atoms with Crippen LogP contribution in [0.25, 0.3) is 0 Å². The molecule has 1 aliphatic heterocycles. The molecule has 0 unspecified atom stereocenters. The molecule has 0 bridgehead atoms. The van der Waals surface area contributed by atoms with Gasteiger partial charge in [0.15, 0.2) is 5.96 Å². The van der Waals surface area contributed by atoms with Crippen molar-refractivity contribution in [2.45, 2.75) is 59.4 Å². The summed E-state index contributed by atoms with van der Waals surface area (Å²) in [7, 11) is -3.10. The van der Waals surface area contributed by atoms with E-state index in [4.69, 9.17) is 4.52 Å². The van der Waals surface area contributed by atoms with Crippen molar-refractivity contribution in [3.63, 3.8) is 0 Å². The van der Waals surface area contributed by atoms with E-state index in [0.29, 0.717) is 26.1 Å². The van der Waals surface area contributed by atoms with E-state index in [9.17, 15) is 8.42 Å². The number of hydrogen-bond acceptors (Lipinski definition) is 5. The third-order valence-electron chi connectivity index (χ3n) is 4.81. The molecule has 2 rings (SSSR count). The van der Waals surface area contributed by atoms with Crippen molar-refractivity contribution in [3.05, 3.63) is 17.0 Å². The van der Waals surface area contributed by atoms with E-state index < -0.39 is 10.0 Å². The number of sulfonamides is 1. The van der Waals surface area contributed by atoms with Gasteiger partial charge in [-0.1, -0.05) is 12.1 Å². The van der Waals surface area contributed by atoms with Crippen LogP contribution < -0.4 is 10.6 Å². The highest BCUT2D eigenvalue weighted by molar-refractivity contribution is 7.89. The molecule has 27 heavy (non-hydrogen) atoms. The Morgan fingerprint density at radius 2 is 2.00 bits per heavy atom. The molecule has 2 heterocycles. The first-order valence-electron chi connectivity index (χ1n) is 9.81. The zero-order valence-electron chi connectivity index (χ0n) is 16.9. The van der Waals surface area contributed by atoms with Gasteiger partial charge in [-0.05, 0) is 46.5 Å². The van der Waals surface area contributed by atoms with Crippen LogP contribution in [0.1, 0.15) is 50.1 Å². The summed E-state index contributed by atoms with van der Waals surface area (Å²) < 4.78 is 31.2. The molecule has 9 heteroatoms. The average molecular weight is 400 g/mol. The molecule has 1 fully saturated rings. The van der Waals surface area contributed by atoms with Gasteiger partial charge in [-0.25, -0.2) is 12.7 Å².